The van der Waals surface area contributed by atoms with Crippen molar-refractivity contribution < 1.29 is 29.2 Å². The highest BCUT2D eigenvalue weighted by atomic mass is 16.6. The number of phenols is 1. The topological polar surface area (TPSA) is 150 Å². The van der Waals surface area contributed by atoms with Crippen molar-refractivity contribution in [1.29, 1.82) is 0 Å². The largest absolute Gasteiger partial charge is 0.507 e. The number of anilines is 2. The molecule has 0 bridgehead atoms. The molecule has 2 heterocycles. The normalized spacial score (nSPS) is 26.0. The summed E-state index contributed by atoms with van der Waals surface area (Å²) >= 11 is 0. The maximum absolute atomic E-state index is 15.5. The van der Waals surface area contributed by atoms with E-state index in [4.69, 9.17) is 0 Å². The van der Waals surface area contributed by atoms with Crippen LogP contribution >= 0.6 is 0 Å². The van der Waals surface area contributed by atoms with Crippen LogP contribution in [0.15, 0.2) is 127 Å². The predicted octanol–water partition coefficient (Wildman–Crippen LogP) is 6.95. The Labute approximate surface area is 309 Å². The summed E-state index contributed by atoms with van der Waals surface area (Å²) in [5.41, 5.74) is 5.45. The molecule has 5 aromatic rings. The number of phenolic OH excluding ortho intramolecular Hbond substituents is 1. The van der Waals surface area contributed by atoms with Gasteiger partial charge in [-0.1, -0.05) is 90.0 Å². The lowest BCUT2D eigenvalue weighted by atomic mass is 9.49. The number of aryl methyl sites for hydroxylation is 1. The molecule has 0 spiro atoms. The molecule has 11 heteroatoms. The first-order valence-corrected chi connectivity index (χ1v) is 17.9. The summed E-state index contributed by atoms with van der Waals surface area (Å²) in [6.45, 7) is 1.95. The zero-order chi connectivity index (χ0) is 37.5. The lowest BCUT2D eigenvalue weighted by Gasteiger charge is -2.51. The van der Waals surface area contributed by atoms with E-state index in [1.165, 1.54) is 24.3 Å². The number of nitro benzene ring substituents is 1. The molecular weight excluding hydrogens is 684 g/mol. The Kier molecular flexibility index (Phi) is 7.53. The van der Waals surface area contributed by atoms with Gasteiger partial charge in [-0.05, 0) is 72.5 Å². The summed E-state index contributed by atoms with van der Waals surface area (Å²) < 4.78 is 0. The molecule has 6 atom stereocenters. The second kappa shape index (κ2) is 12.2. The number of hydrogen-bond acceptors (Lipinski definition) is 8. The number of fused-ring (bicyclic) bond motifs is 5. The minimum Gasteiger partial charge on any atom is -0.507 e. The minimum atomic E-state index is -1.46. The maximum Gasteiger partial charge on any atom is 0.269 e. The van der Waals surface area contributed by atoms with E-state index in [1.807, 2.05) is 73.7 Å². The van der Waals surface area contributed by atoms with E-state index < -0.39 is 63.6 Å². The molecule has 9 rings (SSSR count). The number of non-ortho nitro benzene ring substituents is 1. The third-order valence-electron chi connectivity index (χ3n) is 12.0. The van der Waals surface area contributed by atoms with Crippen molar-refractivity contribution in [1.82, 2.24) is 5.01 Å². The molecule has 2 saturated heterocycles. The van der Waals surface area contributed by atoms with E-state index in [0.717, 1.165) is 21.0 Å². The summed E-state index contributed by atoms with van der Waals surface area (Å²) in [5, 5.41) is 24.8. The van der Waals surface area contributed by atoms with Crippen LogP contribution < -0.4 is 10.3 Å². The number of carbonyl (C=O) groups excluding carboxylic acids is 4. The molecule has 54 heavy (non-hydrogen) atoms. The molecule has 2 aliphatic carbocycles. The van der Waals surface area contributed by atoms with E-state index in [1.54, 1.807) is 30.3 Å². The summed E-state index contributed by atoms with van der Waals surface area (Å²) in [4.78, 5) is 71.0. The van der Waals surface area contributed by atoms with Crippen LogP contribution in [0.1, 0.15) is 35.4 Å². The van der Waals surface area contributed by atoms with Crippen LogP contribution in [0.25, 0.3) is 10.8 Å². The summed E-state index contributed by atoms with van der Waals surface area (Å²) in [7, 11) is 0. The predicted molar refractivity (Wildman–Crippen MR) is 200 cm³/mol. The Morgan fingerprint density at radius 1 is 0.778 bits per heavy atom. The van der Waals surface area contributed by atoms with E-state index in [2.05, 4.69) is 5.43 Å². The number of allylic oxidation sites excluding steroid dienone is 2. The first-order valence-electron chi connectivity index (χ1n) is 17.9. The second-order valence-electron chi connectivity index (χ2n) is 14.6. The van der Waals surface area contributed by atoms with Crippen LogP contribution in [0.2, 0.25) is 0 Å². The zero-order valence-electron chi connectivity index (χ0n) is 29.1. The third kappa shape index (κ3) is 4.67. The molecule has 4 aliphatic rings. The average Bonchev–Trinajstić information content (AvgIpc) is 3.57. The van der Waals surface area contributed by atoms with Gasteiger partial charge in [0, 0.05) is 23.4 Å². The number of imide groups is 2. The Morgan fingerprint density at radius 3 is 2.17 bits per heavy atom. The Hall–Kier alpha value is -6.62. The van der Waals surface area contributed by atoms with Gasteiger partial charge in [0.1, 0.15) is 5.75 Å². The van der Waals surface area contributed by atoms with Gasteiger partial charge in [-0.15, -0.1) is 0 Å². The van der Waals surface area contributed by atoms with Gasteiger partial charge in [0.15, 0.2) is 0 Å². The molecule has 2 aliphatic heterocycles. The molecule has 0 radical (unpaired) electrons. The summed E-state index contributed by atoms with van der Waals surface area (Å²) in [6.07, 6.45) is 2.33. The molecular formula is C43H34N4O7. The van der Waals surface area contributed by atoms with Crippen molar-refractivity contribution in [3.63, 3.8) is 0 Å². The average molecular weight is 719 g/mol. The number of hydrazine groups is 1. The number of nitro groups is 1. The van der Waals surface area contributed by atoms with E-state index in [9.17, 15) is 29.6 Å². The number of carbonyl (C=O) groups is 4. The maximum atomic E-state index is 15.5. The number of benzene rings is 5. The van der Waals surface area contributed by atoms with Crippen LogP contribution in [0.4, 0.5) is 17.1 Å². The van der Waals surface area contributed by atoms with Crippen molar-refractivity contribution in [2.24, 2.45) is 23.7 Å². The van der Waals surface area contributed by atoms with Crippen LogP contribution in [-0.2, 0) is 24.6 Å². The van der Waals surface area contributed by atoms with Crippen molar-refractivity contribution in [2.75, 3.05) is 10.3 Å². The first-order chi connectivity index (χ1) is 26.1. The van der Waals surface area contributed by atoms with Crippen LogP contribution in [0.3, 0.4) is 0 Å². The van der Waals surface area contributed by atoms with E-state index in [-0.39, 0.29) is 30.0 Å². The lowest BCUT2D eigenvalue weighted by Crippen LogP contribution is -2.53. The molecule has 2 N–H and O–H groups in total. The van der Waals surface area contributed by atoms with Gasteiger partial charge in [-0.25, -0.2) is 0 Å². The number of nitrogens with zero attached hydrogens (tertiary/aromatic N) is 3. The number of nitrogens with one attached hydrogen (secondary N) is 1. The third-order valence-corrected chi connectivity index (χ3v) is 12.0. The molecule has 1 saturated carbocycles. The lowest BCUT2D eigenvalue weighted by molar-refractivity contribution is -0.384. The number of hydrogen-bond donors (Lipinski definition) is 2. The number of amides is 4. The molecule has 268 valence electrons. The van der Waals surface area contributed by atoms with Crippen molar-refractivity contribution in [3.8, 4) is 5.75 Å². The van der Waals surface area contributed by atoms with Crippen LogP contribution in [-0.4, -0.2) is 38.7 Å². The Morgan fingerprint density at radius 2 is 1.46 bits per heavy atom. The molecule has 0 aromatic heterocycles. The highest BCUT2D eigenvalue weighted by molar-refractivity contribution is 6.22. The highest BCUT2D eigenvalue weighted by Gasteiger charge is 2.70. The van der Waals surface area contributed by atoms with E-state index in [0.29, 0.717) is 27.6 Å². The number of rotatable bonds is 6. The van der Waals surface area contributed by atoms with Gasteiger partial charge < -0.3 is 5.11 Å². The van der Waals surface area contributed by atoms with Crippen LogP contribution in [0.5, 0.6) is 5.75 Å². The van der Waals surface area contributed by atoms with Crippen molar-refractivity contribution >= 4 is 51.5 Å². The standard InChI is InChI=1S/C43H34N4O7/c1-24-11-13-26(14-12-24)44-46-40(50)35-23-34-32(19-20-33-37(34)41(51)45(39(33)49)27-15-17-28(18-16-27)47(53)54)38(43(35,42(46)52)25-7-3-2-4-8-25)31-21-22-36(48)30-10-6-5-9-29(30)31/h2-19,21-22,33-35,37-38,44,48H,20,23H2,1H3. The van der Waals surface area contributed by atoms with Crippen molar-refractivity contribution in [2.45, 2.75) is 31.1 Å². The summed E-state index contributed by atoms with van der Waals surface area (Å²) in [5.74, 6) is -5.54. The Balaban J connectivity index is 1.25. The summed E-state index contributed by atoms with van der Waals surface area (Å²) in [6, 6.07) is 32.8. The van der Waals surface area contributed by atoms with Gasteiger partial charge in [0.2, 0.25) is 11.8 Å². The second-order valence-corrected chi connectivity index (χ2v) is 14.6. The SMILES string of the molecule is Cc1ccc(NN2C(=O)C3CC4C(=CCC5C(=O)N(c6ccc([N+](=O)[O-])cc6)C(=O)C54)C(c4ccc(O)c5ccccc45)C3(c3ccccc3)C2=O)cc1. The van der Waals surface area contributed by atoms with Gasteiger partial charge in [-0.2, -0.15) is 5.01 Å². The van der Waals surface area contributed by atoms with Gasteiger partial charge in [0.25, 0.3) is 17.5 Å². The quantitative estimate of drug-likeness (QED) is 0.0829. The highest BCUT2D eigenvalue weighted by Crippen LogP contribution is 2.65. The minimum absolute atomic E-state index is 0.0662. The van der Waals surface area contributed by atoms with E-state index >= 15 is 4.79 Å². The Bertz CT molecular complexity index is 2450. The van der Waals surface area contributed by atoms with Gasteiger partial charge in [0.05, 0.1) is 39.5 Å². The zero-order valence-corrected chi connectivity index (χ0v) is 29.1. The van der Waals surface area contributed by atoms with Gasteiger partial charge in [-0.3, -0.25) is 39.6 Å². The molecule has 5 aromatic carbocycles. The smallest absolute Gasteiger partial charge is 0.269 e. The fourth-order valence-corrected chi connectivity index (χ4v) is 9.63. The van der Waals surface area contributed by atoms with Crippen molar-refractivity contribution in [3.05, 3.63) is 154 Å². The fraction of sp³-hybridized carbons (Fsp3) is 0.209. The molecule has 6 unspecified atom stereocenters. The molecule has 4 amide bonds. The molecule has 3 fully saturated rings. The van der Waals surface area contributed by atoms with Crippen LogP contribution in [0, 0.1) is 40.7 Å². The fourth-order valence-electron chi connectivity index (χ4n) is 9.63. The van der Waals surface area contributed by atoms with Gasteiger partial charge >= 0.3 is 0 Å². The first kappa shape index (κ1) is 33.2. The number of aromatic hydroxyl groups is 1. The molecule has 11 nitrogen and oxygen atoms in total. The monoisotopic (exact) mass is 718 g/mol.